The highest BCUT2D eigenvalue weighted by atomic mass is 79.9. The van der Waals surface area contributed by atoms with Gasteiger partial charge in [-0.1, -0.05) is 18.2 Å². The molecule has 1 heterocycles. The zero-order valence-corrected chi connectivity index (χ0v) is 12.4. The molecule has 3 aromatic rings. The Kier molecular flexibility index (Phi) is 2.82. The second kappa shape index (κ2) is 4.38. The lowest BCUT2D eigenvalue weighted by molar-refractivity contribution is 0.955. The maximum Gasteiger partial charge on any atom is 0.142 e. The van der Waals surface area contributed by atoms with E-state index in [-0.39, 0.29) is 0 Å². The van der Waals surface area contributed by atoms with Crippen molar-refractivity contribution < 1.29 is 0 Å². The van der Waals surface area contributed by atoms with E-state index >= 15 is 0 Å². The summed E-state index contributed by atoms with van der Waals surface area (Å²) in [6, 6.07) is 12.1. The summed E-state index contributed by atoms with van der Waals surface area (Å²) in [5, 5.41) is 0. The second-order valence-electron chi connectivity index (χ2n) is 4.64. The fourth-order valence-corrected chi connectivity index (χ4v) is 2.80. The number of hydrogen-bond donors (Lipinski definition) is 1. The molecule has 3 nitrogen and oxygen atoms in total. The minimum absolute atomic E-state index is 0.721. The molecule has 1 aromatic heterocycles. The first kappa shape index (κ1) is 12.2. The number of aryl methyl sites for hydroxylation is 2. The van der Waals surface area contributed by atoms with Crippen LogP contribution in [0.25, 0.3) is 22.4 Å². The molecule has 19 heavy (non-hydrogen) atoms. The molecule has 96 valence electrons. The van der Waals surface area contributed by atoms with E-state index in [9.17, 15) is 0 Å². The number of anilines is 1. The summed E-state index contributed by atoms with van der Waals surface area (Å²) in [6.45, 7) is 2.10. The minimum atomic E-state index is 0.721. The molecule has 2 N–H and O–H groups in total. The van der Waals surface area contributed by atoms with Gasteiger partial charge in [0, 0.05) is 17.1 Å². The van der Waals surface area contributed by atoms with Crippen molar-refractivity contribution in [2.45, 2.75) is 6.92 Å². The molecule has 0 aliphatic rings. The highest BCUT2D eigenvalue weighted by Crippen LogP contribution is 2.33. The number of nitrogen functional groups attached to an aromatic ring is 1. The van der Waals surface area contributed by atoms with E-state index in [4.69, 9.17) is 10.7 Å². The number of benzene rings is 2. The molecule has 2 aromatic carbocycles. The molecular weight excluding hydrogens is 302 g/mol. The van der Waals surface area contributed by atoms with E-state index in [1.807, 2.05) is 37.4 Å². The van der Waals surface area contributed by atoms with Gasteiger partial charge in [0.1, 0.15) is 5.82 Å². The lowest BCUT2D eigenvalue weighted by Gasteiger charge is -2.08. The lowest BCUT2D eigenvalue weighted by atomic mass is 10.1. The summed E-state index contributed by atoms with van der Waals surface area (Å²) >= 11 is 3.46. The average Bonchev–Trinajstić information content (AvgIpc) is 2.72. The average molecular weight is 316 g/mol. The first-order valence-electron chi connectivity index (χ1n) is 6.06. The molecule has 0 atom stereocenters. The van der Waals surface area contributed by atoms with Gasteiger partial charge in [-0.25, -0.2) is 4.98 Å². The summed E-state index contributed by atoms with van der Waals surface area (Å²) < 4.78 is 3.00. The normalized spacial score (nSPS) is 11.1. The highest BCUT2D eigenvalue weighted by Gasteiger charge is 2.14. The quantitative estimate of drug-likeness (QED) is 0.692. The molecule has 0 radical (unpaired) electrons. The molecule has 0 saturated heterocycles. The SMILES string of the molecule is Cc1cccc2nc(-c3cccc(Br)c3N)n(C)c12. The van der Waals surface area contributed by atoms with Gasteiger partial charge in [0.25, 0.3) is 0 Å². The van der Waals surface area contributed by atoms with Crippen molar-refractivity contribution >= 4 is 32.7 Å². The Morgan fingerprint density at radius 3 is 2.63 bits per heavy atom. The minimum Gasteiger partial charge on any atom is -0.397 e. The van der Waals surface area contributed by atoms with Gasteiger partial charge in [-0.3, -0.25) is 0 Å². The Bertz CT molecular complexity index is 774. The zero-order chi connectivity index (χ0) is 13.6. The van der Waals surface area contributed by atoms with Crippen LogP contribution in [0.1, 0.15) is 5.56 Å². The van der Waals surface area contributed by atoms with E-state index < -0.39 is 0 Å². The molecule has 0 aliphatic heterocycles. The van der Waals surface area contributed by atoms with E-state index in [1.54, 1.807) is 0 Å². The van der Waals surface area contributed by atoms with Gasteiger partial charge >= 0.3 is 0 Å². The van der Waals surface area contributed by atoms with Crippen molar-refractivity contribution in [1.82, 2.24) is 9.55 Å². The number of rotatable bonds is 1. The second-order valence-corrected chi connectivity index (χ2v) is 5.49. The highest BCUT2D eigenvalue weighted by molar-refractivity contribution is 9.10. The van der Waals surface area contributed by atoms with Gasteiger partial charge in [0.05, 0.1) is 16.7 Å². The maximum atomic E-state index is 6.14. The first-order valence-corrected chi connectivity index (χ1v) is 6.85. The predicted octanol–water partition coefficient (Wildman–Crippen LogP) is 3.89. The van der Waals surface area contributed by atoms with Crippen LogP contribution < -0.4 is 5.73 Å². The smallest absolute Gasteiger partial charge is 0.142 e. The first-order chi connectivity index (χ1) is 9.09. The van der Waals surface area contributed by atoms with Crippen LogP contribution in [0, 0.1) is 6.92 Å². The Morgan fingerprint density at radius 2 is 1.89 bits per heavy atom. The van der Waals surface area contributed by atoms with Crippen molar-refractivity contribution in [3.05, 3.63) is 46.4 Å². The Hall–Kier alpha value is -1.81. The fraction of sp³-hybridized carbons (Fsp3) is 0.133. The Balaban J connectivity index is 2.35. The third-order valence-electron chi connectivity index (χ3n) is 3.39. The molecule has 0 unspecified atom stereocenters. The van der Waals surface area contributed by atoms with Crippen LogP contribution in [-0.2, 0) is 7.05 Å². The molecule has 0 bridgehead atoms. The molecule has 0 fully saturated rings. The summed E-state index contributed by atoms with van der Waals surface area (Å²) in [5.74, 6) is 0.892. The number of imidazole rings is 1. The third-order valence-corrected chi connectivity index (χ3v) is 4.08. The number of halogens is 1. The zero-order valence-electron chi connectivity index (χ0n) is 10.8. The molecule has 0 saturated carbocycles. The molecule has 4 heteroatoms. The summed E-state index contributed by atoms with van der Waals surface area (Å²) in [7, 11) is 2.03. The van der Waals surface area contributed by atoms with Crippen molar-refractivity contribution in [2.75, 3.05) is 5.73 Å². The van der Waals surface area contributed by atoms with Crippen LogP contribution in [0.3, 0.4) is 0 Å². The maximum absolute atomic E-state index is 6.14. The summed E-state index contributed by atoms with van der Waals surface area (Å²) in [5.41, 5.74) is 11.2. The van der Waals surface area contributed by atoms with Crippen LogP contribution in [0.5, 0.6) is 0 Å². The largest absolute Gasteiger partial charge is 0.397 e. The number of fused-ring (bicyclic) bond motifs is 1. The Labute approximate surface area is 120 Å². The van der Waals surface area contributed by atoms with Crippen molar-refractivity contribution in [3.63, 3.8) is 0 Å². The number of aromatic nitrogens is 2. The molecule has 0 amide bonds. The van der Waals surface area contributed by atoms with E-state index in [2.05, 4.69) is 33.5 Å². The number of nitrogens with zero attached hydrogens (tertiary/aromatic N) is 2. The Morgan fingerprint density at radius 1 is 1.16 bits per heavy atom. The fourth-order valence-electron chi connectivity index (χ4n) is 2.44. The monoisotopic (exact) mass is 315 g/mol. The standard InChI is InChI=1S/C15H14BrN3/c1-9-5-3-8-12-14(9)19(2)15(18-12)10-6-4-7-11(16)13(10)17/h3-8H,17H2,1-2H3. The molecule has 0 aliphatic carbocycles. The van der Waals surface area contributed by atoms with Crippen LogP contribution in [0.15, 0.2) is 40.9 Å². The van der Waals surface area contributed by atoms with Gasteiger partial charge < -0.3 is 10.3 Å². The topological polar surface area (TPSA) is 43.8 Å². The molecule has 3 rings (SSSR count). The number of para-hydroxylation sites is 2. The lowest BCUT2D eigenvalue weighted by Crippen LogP contribution is -1.98. The van der Waals surface area contributed by atoms with Gasteiger partial charge in [-0.15, -0.1) is 0 Å². The van der Waals surface area contributed by atoms with Crippen LogP contribution in [0.2, 0.25) is 0 Å². The van der Waals surface area contributed by atoms with E-state index in [0.29, 0.717) is 0 Å². The van der Waals surface area contributed by atoms with Gasteiger partial charge in [-0.05, 0) is 46.6 Å². The summed E-state index contributed by atoms with van der Waals surface area (Å²) in [6.07, 6.45) is 0. The van der Waals surface area contributed by atoms with Crippen molar-refractivity contribution in [3.8, 4) is 11.4 Å². The summed E-state index contributed by atoms with van der Waals surface area (Å²) in [4.78, 5) is 4.71. The van der Waals surface area contributed by atoms with Gasteiger partial charge in [0.2, 0.25) is 0 Å². The van der Waals surface area contributed by atoms with E-state index in [0.717, 1.165) is 32.6 Å². The molecule has 0 spiro atoms. The predicted molar refractivity (Wildman–Crippen MR) is 83.0 cm³/mol. The molecular formula is C15H14BrN3. The van der Waals surface area contributed by atoms with Crippen LogP contribution >= 0.6 is 15.9 Å². The van der Waals surface area contributed by atoms with Gasteiger partial charge in [-0.2, -0.15) is 0 Å². The number of hydrogen-bond acceptors (Lipinski definition) is 2. The van der Waals surface area contributed by atoms with Crippen LogP contribution in [-0.4, -0.2) is 9.55 Å². The van der Waals surface area contributed by atoms with E-state index in [1.165, 1.54) is 5.56 Å². The third kappa shape index (κ3) is 1.83. The van der Waals surface area contributed by atoms with Crippen molar-refractivity contribution in [1.29, 1.82) is 0 Å². The van der Waals surface area contributed by atoms with Crippen LogP contribution in [0.4, 0.5) is 5.69 Å². The number of nitrogens with two attached hydrogens (primary N) is 1. The van der Waals surface area contributed by atoms with Gasteiger partial charge in [0.15, 0.2) is 0 Å². The van der Waals surface area contributed by atoms with Crippen molar-refractivity contribution in [2.24, 2.45) is 7.05 Å².